The van der Waals surface area contributed by atoms with Crippen LogP contribution >= 0.6 is 11.6 Å². The summed E-state index contributed by atoms with van der Waals surface area (Å²) < 4.78 is 57.0. The summed E-state index contributed by atoms with van der Waals surface area (Å²) in [4.78, 5) is 31.6. The molecule has 0 saturated carbocycles. The number of fused-ring (bicyclic) bond motifs is 1. The predicted octanol–water partition coefficient (Wildman–Crippen LogP) is 4.96. The van der Waals surface area contributed by atoms with Gasteiger partial charge in [0, 0.05) is 23.4 Å². The van der Waals surface area contributed by atoms with E-state index in [2.05, 4.69) is 15.3 Å². The summed E-state index contributed by atoms with van der Waals surface area (Å²) in [5.41, 5.74) is -2.48. The molecule has 0 radical (unpaired) electrons. The average Bonchev–Trinajstić information content (AvgIpc) is 2.78. The van der Waals surface area contributed by atoms with Crippen molar-refractivity contribution in [2.45, 2.75) is 12.2 Å². The molecule has 0 bridgehead atoms. The first-order chi connectivity index (χ1) is 16.0. The minimum absolute atomic E-state index is 0.129. The van der Waals surface area contributed by atoms with Gasteiger partial charge in [-0.2, -0.15) is 17.6 Å². The van der Waals surface area contributed by atoms with Crippen molar-refractivity contribution in [2.75, 3.05) is 5.32 Å². The number of nitrogens with one attached hydrogen (secondary N) is 1. The number of carboxylic acid groups (broad SMARTS) is 1. The Labute approximate surface area is 193 Å². The van der Waals surface area contributed by atoms with Crippen molar-refractivity contribution < 1.29 is 27.5 Å². The second-order valence-corrected chi connectivity index (χ2v) is 7.54. The van der Waals surface area contributed by atoms with Gasteiger partial charge in [0.25, 0.3) is 5.56 Å². The molecule has 1 aromatic carbocycles. The summed E-state index contributed by atoms with van der Waals surface area (Å²) in [6.07, 6.45) is -3.88. The normalized spacial score (nSPS) is 12.5. The van der Waals surface area contributed by atoms with Crippen LogP contribution in [0.3, 0.4) is 0 Å². The molecule has 12 heteroatoms. The summed E-state index contributed by atoms with van der Waals surface area (Å²) in [6, 6.07) is 9.46. The number of carboxylic acids is 1. The molecule has 0 spiro atoms. The van der Waals surface area contributed by atoms with E-state index in [9.17, 15) is 32.3 Å². The zero-order valence-electron chi connectivity index (χ0n) is 16.8. The van der Waals surface area contributed by atoms with Crippen molar-refractivity contribution >= 4 is 28.9 Å². The molecule has 3 aromatic heterocycles. The van der Waals surface area contributed by atoms with Gasteiger partial charge in [0.2, 0.25) is 5.95 Å². The van der Waals surface area contributed by atoms with Crippen molar-refractivity contribution in [1.29, 1.82) is 0 Å². The highest BCUT2D eigenvalue weighted by atomic mass is 35.5. The van der Waals surface area contributed by atoms with Crippen LogP contribution in [-0.2, 0) is 0 Å². The largest absolute Gasteiger partial charge is 0.476 e. The van der Waals surface area contributed by atoms with Crippen LogP contribution in [0.5, 0.6) is 0 Å². The summed E-state index contributed by atoms with van der Waals surface area (Å²) in [5, 5.41) is 11.1. The number of pyridine rings is 2. The second kappa shape index (κ2) is 8.75. The maximum Gasteiger partial charge on any atom is 0.412 e. The summed E-state index contributed by atoms with van der Waals surface area (Å²) in [7, 11) is 0. The van der Waals surface area contributed by atoms with Crippen molar-refractivity contribution in [3.05, 3.63) is 93.4 Å². The number of rotatable bonds is 5. The van der Waals surface area contributed by atoms with Crippen molar-refractivity contribution in [3.8, 4) is 11.3 Å². The Morgan fingerprint density at radius 3 is 2.44 bits per heavy atom. The number of alkyl halides is 3. The Balaban J connectivity index is 1.96. The SMILES string of the molecule is O=C(O)c1nc(F)ccc1N[C@@H](c1cc(Cl)cn2c(=O)cc(-c3ccccc3)nc12)C(F)(F)F. The number of carbonyl (C=O) groups is 1. The first kappa shape index (κ1) is 23.2. The molecule has 0 aliphatic carbocycles. The van der Waals surface area contributed by atoms with Gasteiger partial charge in [-0.3, -0.25) is 9.20 Å². The molecule has 7 nitrogen and oxygen atoms in total. The second-order valence-electron chi connectivity index (χ2n) is 7.11. The van der Waals surface area contributed by atoms with E-state index in [1.54, 1.807) is 30.3 Å². The van der Waals surface area contributed by atoms with Crippen LogP contribution in [0.4, 0.5) is 23.2 Å². The monoisotopic (exact) mass is 492 g/mol. The van der Waals surface area contributed by atoms with E-state index in [1.165, 1.54) is 0 Å². The van der Waals surface area contributed by atoms with Gasteiger partial charge >= 0.3 is 12.1 Å². The summed E-state index contributed by atoms with van der Waals surface area (Å²) in [6.45, 7) is 0. The highest BCUT2D eigenvalue weighted by molar-refractivity contribution is 6.30. The van der Waals surface area contributed by atoms with Gasteiger partial charge in [0.15, 0.2) is 11.7 Å². The Kier molecular flexibility index (Phi) is 5.96. The minimum Gasteiger partial charge on any atom is -0.476 e. The van der Waals surface area contributed by atoms with E-state index in [0.717, 1.165) is 28.8 Å². The molecule has 0 fully saturated rings. The fourth-order valence-corrected chi connectivity index (χ4v) is 3.58. The first-order valence-corrected chi connectivity index (χ1v) is 9.94. The maximum atomic E-state index is 14.2. The third kappa shape index (κ3) is 4.55. The van der Waals surface area contributed by atoms with E-state index in [1.807, 2.05) is 0 Å². The average molecular weight is 493 g/mol. The molecular weight excluding hydrogens is 480 g/mol. The number of anilines is 1. The fraction of sp³-hybridized carbons (Fsp3) is 0.0909. The number of hydrogen-bond acceptors (Lipinski definition) is 5. The molecule has 34 heavy (non-hydrogen) atoms. The van der Waals surface area contributed by atoms with Gasteiger partial charge in [-0.1, -0.05) is 41.9 Å². The molecule has 0 saturated heterocycles. The molecule has 1 atom stereocenters. The molecule has 0 unspecified atom stereocenters. The molecule has 174 valence electrons. The molecular formula is C22H13ClF4N4O3. The molecule has 2 N–H and O–H groups in total. The zero-order valence-corrected chi connectivity index (χ0v) is 17.6. The number of halogens is 5. The van der Waals surface area contributed by atoms with Crippen LogP contribution in [-0.4, -0.2) is 31.6 Å². The van der Waals surface area contributed by atoms with Gasteiger partial charge in [0.1, 0.15) is 5.65 Å². The van der Waals surface area contributed by atoms with Crippen LogP contribution in [0.25, 0.3) is 16.9 Å². The molecule has 3 heterocycles. The zero-order chi connectivity index (χ0) is 24.6. The highest BCUT2D eigenvalue weighted by Gasteiger charge is 2.43. The Bertz CT molecular complexity index is 1460. The van der Waals surface area contributed by atoms with Gasteiger partial charge in [-0.15, -0.1) is 0 Å². The van der Waals surface area contributed by atoms with Crippen LogP contribution in [0.1, 0.15) is 22.1 Å². The lowest BCUT2D eigenvalue weighted by Crippen LogP contribution is -2.30. The molecule has 4 rings (SSSR count). The number of aromatic carboxylic acids is 1. The number of hydrogen-bond donors (Lipinski definition) is 2. The van der Waals surface area contributed by atoms with Crippen molar-refractivity contribution in [2.24, 2.45) is 0 Å². The van der Waals surface area contributed by atoms with E-state index in [-0.39, 0.29) is 16.4 Å². The molecule has 0 amide bonds. The highest BCUT2D eigenvalue weighted by Crippen LogP contribution is 2.38. The Morgan fingerprint density at radius 1 is 1.09 bits per heavy atom. The van der Waals surface area contributed by atoms with Crippen LogP contribution in [0.15, 0.2) is 65.6 Å². The van der Waals surface area contributed by atoms with Crippen LogP contribution in [0, 0.1) is 5.95 Å². The van der Waals surface area contributed by atoms with E-state index in [4.69, 9.17) is 11.6 Å². The first-order valence-electron chi connectivity index (χ1n) is 9.56. The Hall–Kier alpha value is -3.99. The lowest BCUT2D eigenvalue weighted by molar-refractivity contribution is -0.143. The topological polar surface area (TPSA) is 96.6 Å². The lowest BCUT2D eigenvalue weighted by atomic mass is 10.1. The van der Waals surface area contributed by atoms with Crippen molar-refractivity contribution in [3.63, 3.8) is 0 Å². The lowest BCUT2D eigenvalue weighted by Gasteiger charge is -2.25. The van der Waals surface area contributed by atoms with Gasteiger partial charge in [0.05, 0.1) is 16.4 Å². The molecule has 0 aliphatic rings. The van der Waals surface area contributed by atoms with Gasteiger partial charge in [-0.05, 0) is 18.2 Å². The third-order valence-electron chi connectivity index (χ3n) is 4.83. The number of nitrogens with zero attached hydrogens (tertiary/aromatic N) is 3. The standard InChI is InChI=1S/C22H13ClF4N4O3/c23-12-8-13(19(22(25,26)27)28-14-6-7-16(24)30-18(14)21(33)34)20-29-15(9-17(32)31(20)10-12)11-4-2-1-3-5-11/h1-10,19,28H,(H,33,34)/t19-/m0/s1. The summed E-state index contributed by atoms with van der Waals surface area (Å²) >= 11 is 6.01. The summed E-state index contributed by atoms with van der Waals surface area (Å²) in [5.74, 6) is -2.92. The number of aromatic nitrogens is 3. The minimum atomic E-state index is -5.00. The smallest absolute Gasteiger partial charge is 0.412 e. The quantitative estimate of drug-likeness (QED) is 0.302. The maximum absolute atomic E-state index is 14.2. The predicted molar refractivity (Wildman–Crippen MR) is 115 cm³/mol. The van der Waals surface area contributed by atoms with E-state index in [0.29, 0.717) is 11.6 Å². The van der Waals surface area contributed by atoms with Crippen LogP contribution in [0.2, 0.25) is 5.02 Å². The third-order valence-corrected chi connectivity index (χ3v) is 5.03. The molecule has 0 aliphatic heterocycles. The Morgan fingerprint density at radius 2 is 1.79 bits per heavy atom. The number of benzene rings is 1. The van der Waals surface area contributed by atoms with E-state index >= 15 is 0 Å². The fourth-order valence-electron chi connectivity index (χ4n) is 3.37. The van der Waals surface area contributed by atoms with Gasteiger partial charge in [-0.25, -0.2) is 14.8 Å². The van der Waals surface area contributed by atoms with E-state index < -0.39 is 46.6 Å². The molecule has 4 aromatic rings. The van der Waals surface area contributed by atoms with Gasteiger partial charge < -0.3 is 10.4 Å². The van der Waals surface area contributed by atoms with Crippen molar-refractivity contribution in [1.82, 2.24) is 14.4 Å². The van der Waals surface area contributed by atoms with Crippen LogP contribution < -0.4 is 10.9 Å².